The minimum absolute atomic E-state index is 0. The highest BCUT2D eigenvalue weighted by molar-refractivity contribution is 5.85. The number of ether oxygens (including phenoxy) is 1. The molecule has 0 fully saturated rings. The van der Waals surface area contributed by atoms with E-state index in [0.29, 0.717) is 12.5 Å². The predicted octanol–water partition coefficient (Wildman–Crippen LogP) is 4.51. The Kier molecular flexibility index (Phi) is 10.5. The van der Waals surface area contributed by atoms with Gasteiger partial charge in [-0.05, 0) is 50.3 Å². The van der Waals surface area contributed by atoms with Crippen molar-refractivity contribution in [3.63, 3.8) is 0 Å². The second kappa shape index (κ2) is 12.1. The zero-order chi connectivity index (χ0) is 17.2. The molecule has 0 radical (unpaired) electrons. The van der Waals surface area contributed by atoms with Crippen molar-refractivity contribution in [2.75, 3.05) is 26.2 Å². The van der Waals surface area contributed by atoms with Gasteiger partial charge in [0, 0.05) is 6.54 Å². The van der Waals surface area contributed by atoms with Crippen LogP contribution in [0.3, 0.4) is 0 Å². The Labute approximate surface area is 158 Å². The molecule has 1 aromatic carbocycles. The average Bonchev–Trinajstić information content (AvgIpc) is 3.14. The monoisotopic (exact) mass is 365 g/mol. The van der Waals surface area contributed by atoms with E-state index in [0.717, 1.165) is 45.3 Å². The molecule has 4 heteroatoms. The van der Waals surface area contributed by atoms with Gasteiger partial charge in [-0.25, -0.2) is 0 Å². The number of halogens is 1. The van der Waals surface area contributed by atoms with E-state index in [-0.39, 0.29) is 24.3 Å². The van der Waals surface area contributed by atoms with Crippen LogP contribution in [0.4, 0.5) is 0 Å². The number of esters is 1. The van der Waals surface area contributed by atoms with Gasteiger partial charge in [0.15, 0.2) is 0 Å². The molecule has 3 nitrogen and oxygen atoms in total. The Morgan fingerprint density at radius 3 is 2.56 bits per heavy atom. The summed E-state index contributed by atoms with van der Waals surface area (Å²) in [5.41, 5.74) is 1.29. The fraction of sp³-hybridized carbons (Fsp3) is 0.571. The maximum atomic E-state index is 12.6. The standard InChI is InChI=1S/C21H31NO2.ClH/c1-3-22(4-2)16-17-24-21(23)20(19-12-8-9-13-19)15-14-18-10-6-5-7-11-18;/h5-8,10-12,19-20H,3-4,9,13-17H2,1-2H3;1H. The van der Waals surface area contributed by atoms with Crippen LogP contribution < -0.4 is 0 Å². The summed E-state index contributed by atoms with van der Waals surface area (Å²) < 4.78 is 5.62. The molecule has 0 amide bonds. The third-order valence-corrected chi connectivity index (χ3v) is 5.00. The lowest BCUT2D eigenvalue weighted by Crippen LogP contribution is -2.30. The Bertz CT molecular complexity index is 514. The molecule has 1 aliphatic carbocycles. The number of hydrogen-bond donors (Lipinski definition) is 0. The summed E-state index contributed by atoms with van der Waals surface area (Å²) in [7, 11) is 0. The first kappa shape index (κ1) is 21.7. The molecular formula is C21H32ClNO2. The topological polar surface area (TPSA) is 29.5 Å². The molecule has 1 aliphatic rings. The van der Waals surface area contributed by atoms with Gasteiger partial charge in [0.2, 0.25) is 0 Å². The fourth-order valence-corrected chi connectivity index (χ4v) is 3.39. The SMILES string of the molecule is CCN(CC)CCOC(=O)C(CCc1ccccc1)C1C=CCC1.Cl. The molecule has 0 aromatic heterocycles. The molecule has 0 saturated carbocycles. The third-order valence-electron chi connectivity index (χ3n) is 5.00. The summed E-state index contributed by atoms with van der Waals surface area (Å²) >= 11 is 0. The molecular weight excluding hydrogens is 334 g/mol. The highest BCUT2D eigenvalue weighted by Gasteiger charge is 2.29. The number of carbonyl (C=O) groups is 1. The minimum Gasteiger partial charge on any atom is -0.464 e. The fourth-order valence-electron chi connectivity index (χ4n) is 3.39. The smallest absolute Gasteiger partial charge is 0.309 e. The average molecular weight is 366 g/mol. The molecule has 0 spiro atoms. The highest BCUT2D eigenvalue weighted by Crippen LogP contribution is 2.29. The van der Waals surface area contributed by atoms with Gasteiger partial charge in [-0.1, -0.05) is 56.3 Å². The summed E-state index contributed by atoms with van der Waals surface area (Å²) in [5, 5.41) is 0. The number of hydrogen-bond acceptors (Lipinski definition) is 3. The molecule has 0 N–H and O–H groups in total. The summed E-state index contributed by atoms with van der Waals surface area (Å²) in [6.45, 7) is 7.59. The first-order chi connectivity index (χ1) is 11.7. The van der Waals surface area contributed by atoms with E-state index in [1.807, 2.05) is 6.07 Å². The Hall–Kier alpha value is -1.32. The largest absolute Gasteiger partial charge is 0.464 e. The van der Waals surface area contributed by atoms with Crippen LogP contribution in [0.15, 0.2) is 42.5 Å². The third kappa shape index (κ3) is 7.21. The lowest BCUT2D eigenvalue weighted by molar-refractivity contribution is -0.150. The van der Waals surface area contributed by atoms with Crippen LogP contribution in [-0.2, 0) is 16.0 Å². The second-order valence-electron chi connectivity index (χ2n) is 6.49. The van der Waals surface area contributed by atoms with Gasteiger partial charge in [0.1, 0.15) is 6.61 Å². The normalized spacial score (nSPS) is 17.3. The van der Waals surface area contributed by atoms with Crippen molar-refractivity contribution in [2.24, 2.45) is 11.8 Å². The second-order valence-corrected chi connectivity index (χ2v) is 6.49. The number of nitrogens with zero attached hydrogens (tertiary/aromatic N) is 1. The van der Waals surface area contributed by atoms with Gasteiger partial charge in [0.25, 0.3) is 0 Å². The van der Waals surface area contributed by atoms with E-state index < -0.39 is 0 Å². The summed E-state index contributed by atoms with van der Waals surface area (Å²) in [4.78, 5) is 14.9. The quantitative estimate of drug-likeness (QED) is 0.451. The molecule has 0 saturated heterocycles. The molecule has 0 heterocycles. The van der Waals surface area contributed by atoms with Crippen molar-refractivity contribution in [3.8, 4) is 0 Å². The Morgan fingerprint density at radius 2 is 1.96 bits per heavy atom. The molecule has 140 valence electrons. The van der Waals surface area contributed by atoms with E-state index in [9.17, 15) is 4.79 Å². The lowest BCUT2D eigenvalue weighted by Gasteiger charge is -2.23. The Morgan fingerprint density at radius 1 is 1.24 bits per heavy atom. The van der Waals surface area contributed by atoms with Crippen molar-refractivity contribution >= 4 is 18.4 Å². The van der Waals surface area contributed by atoms with E-state index in [1.54, 1.807) is 0 Å². The zero-order valence-corrected chi connectivity index (χ0v) is 16.3. The summed E-state index contributed by atoms with van der Waals surface area (Å²) in [6, 6.07) is 10.4. The van der Waals surface area contributed by atoms with E-state index in [4.69, 9.17) is 4.74 Å². The lowest BCUT2D eigenvalue weighted by atomic mass is 9.87. The summed E-state index contributed by atoms with van der Waals surface area (Å²) in [5.74, 6) is 0.310. The van der Waals surface area contributed by atoms with Crippen LogP contribution in [-0.4, -0.2) is 37.1 Å². The van der Waals surface area contributed by atoms with Gasteiger partial charge in [-0.3, -0.25) is 4.79 Å². The molecule has 2 atom stereocenters. The number of carbonyl (C=O) groups excluding carboxylic acids is 1. The number of benzene rings is 1. The number of likely N-dealkylation sites (N-methyl/N-ethyl adjacent to an activating group) is 1. The number of aryl methyl sites for hydroxylation is 1. The van der Waals surface area contributed by atoms with Gasteiger partial charge in [-0.2, -0.15) is 0 Å². The van der Waals surface area contributed by atoms with E-state index >= 15 is 0 Å². The van der Waals surface area contributed by atoms with Gasteiger partial charge in [-0.15, -0.1) is 12.4 Å². The van der Waals surface area contributed by atoms with Crippen molar-refractivity contribution in [1.29, 1.82) is 0 Å². The van der Waals surface area contributed by atoms with Crippen LogP contribution >= 0.6 is 12.4 Å². The van der Waals surface area contributed by atoms with Crippen LogP contribution in [0.25, 0.3) is 0 Å². The molecule has 2 rings (SSSR count). The van der Waals surface area contributed by atoms with Gasteiger partial charge < -0.3 is 9.64 Å². The van der Waals surface area contributed by atoms with Crippen LogP contribution in [0.1, 0.15) is 38.7 Å². The molecule has 1 aromatic rings. The Balaban J connectivity index is 0.00000312. The number of rotatable bonds is 10. The first-order valence-electron chi connectivity index (χ1n) is 9.34. The molecule has 0 aliphatic heterocycles. The molecule has 0 bridgehead atoms. The molecule has 2 unspecified atom stereocenters. The maximum Gasteiger partial charge on any atom is 0.309 e. The van der Waals surface area contributed by atoms with Crippen molar-refractivity contribution in [1.82, 2.24) is 4.90 Å². The van der Waals surface area contributed by atoms with E-state index in [1.165, 1.54) is 5.56 Å². The molecule has 25 heavy (non-hydrogen) atoms. The maximum absolute atomic E-state index is 12.6. The first-order valence-corrected chi connectivity index (χ1v) is 9.34. The highest BCUT2D eigenvalue weighted by atomic mass is 35.5. The summed E-state index contributed by atoms with van der Waals surface area (Å²) in [6.07, 6.45) is 8.36. The van der Waals surface area contributed by atoms with Gasteiger partial charge in [0.05, 0.1) is 5.92 Å². The van der Waals surface area contributed by atoms with Gasteiger partial charge >= 0.3 is 5.97 Å². The van der Waals surface area contributed by atoms with Crippen molar-refractivity contribution in [3.05, 3.63) is 48.0 Å². The van der Waals surface area contributed by atoms with Crippen LogP contribution in [0, 0.1) is 11.8 Å². The van der Waals surface area contributed by atoms with Crippen LogP contribution in [0.2, 0.25) is 0 Å². The van der Waals surface area contributed by atoms with Crippen molar-refractivity contribution in [2.45, 2.75) is 39.5 Å². The number of allylic oxidation sites excluding steroid dienone is 2. The minimum atomic E-state index is -0.0189. The van der Waals surface area contributed by atoms with Crippen LogP contribution in [0.5, 0.6) is 0 Å². The van der Waals surface area contributed by atoms with E-state index in [2.05, 4.69) is 55.2 Å². The van der Waals surface area contributed by atoms with Crippen molar-refractivity contribution < 1.29 is 9.53 Å². The zero-order valence-electron chi connectivity index (χ0n) is 15.5. The predicted molar refractivity (Wildman–Crippen MR) is 106 cm³/mol.